The van der Waals surface area contributed by atoms with Crippen molar-refractivity contribution in [2.75, 3.05) is 18.5 Å². The molecule has 0 heterocycles. The topological polar surface area (TPSA) is 21.3 Å². The summed E-state index contributed by atoms with van der Waals surface area (Å²) in [6.45, 7) is 1.66. The second-order valence-electron chi connectivity index (χ2n) is 3.95. The van der Waals surface area contributed by atoms with Gasteiger partial charge in [-0.1, -0.05) is 24.3 Å². The molecule has 0 radical (unpaired) electrons. The van der Waals surface area contributed by atoms with E-state index in [1.165, 1.54) is 9.26 Å². The lowest BCUT2D eigenvalue weighted by Crippen LogP contribution is -2.07. The van der Waals surface area contributed by atoms with Crippen molar-refractivity contribution in [1.29, 1.82) is 0 Å². The first-order valence-corrected chi connectivity index (χ1v) is 7.10. The van der Waals surface area contributed by atoms with Crippen LogP contribution in [0, 0.1) is 3.57 Å². The zero-order chi connectivity index (χ0) is 12.6. The Bertz CT molecular complexity index is 473. The molecule has 18 heavy (non-hydrogen) atoms. The first-order valence-electron chi connectivity index (χ1n) is 6.02. The number of rotatable bonds is 6. The summed E-state index contributed by atoms with van der Waals surface area (Å²) in [4.78, 5) is 0. The van der Waals surface area contributed by atoms with Crippen LogP contribution >= 0.6 is 22.6 Å². The van der Waals surface area contributed by atoms with Gasteiger partial charge in [0, 0.05) is 15.8 Å². The smallest absolute Gasteiger partial charge is 0.119 e. The molecule has 0 saturated heterocycles. The van der Waals surface area contributed by atoms with Gasteiger partial charge in [-0.3, -0.25) is 0 Å². The SMILES string of the molecule is Ic1cccc(NCCCOc2ccccc2)c1. The molecule has 0 amide bonds. The summed E-state index contributed by atoms with van der Waals surface area (Å²) in [5, 5.41) is 3.39. The summed E-state index contributed by atoms with van der Waals surface area (Å²) in [5.74, 6) is 0.937. The Morgan fingerprint density at radius 2 is 1.83 bits per heavy atom. The molecule has 0 unspecified atom stereocenters. The molecule has 2 nitrogen and oxygen atoms in total. The highest BCUT2D eigenvalue weighted by Gasteiger charge is 1.94. The van der Waals surface area contributed by atoms with Gasteiger partial charge in [-0.2, -0.15) is 0 Å². The first kappa shape index (κ1) is 13.2. The van der Waals surface area contributed by atoms with Crippen LogP contribution in [-0.2, 0) is 0 Å². The van der Waals surface area contributed by atoms with Gasteiger partial charge in [0.2, 0.25) is 0 Å². The molecular formula is C15H16INO. The second kappa shape index (κ2) is 7.26. The third kappa shape index (κ3) is 4.56. The molecule has 0 spiro atoms. The highest BCUT2D eigenvalue weighted by Crippen LogP contribution is 2.12. The van der Waals surface area contributed by atoms with Gasteiger partial charge in [0.25, 0.3) is 0 Å². The zero-order valence-electron chi connectivity index (χ0n) is 10.1. The van der Waals surface area contributed by atoms with Gasteiger partial charge < -0.3 is 10.1 Å². The largest absolute Gasteiger partial charge is 0.494 e. The van der Waals surface area contributed by atoms with Gasteiger partial charge in [0.05, 0.1) is 6.61 Å². The van der Waals surface area contributed by atoms with Crippen LogP contribution < -0.4 is 10.1 Å². The molecule has 0 aliphatic heterocycles. The lowest BCUT2D eigenvalue weighted by atomic mass is 10.3. The number of hydrogen-bond acceptors (Lipinski definition) is 2. The standard InChI is InChI=1S/C15H16INO/c16-13-6-4-7-14(12-13)17-10-5-11-18-15-8-2-1-3-9-15/h1-4,6-9,12,17H,5,10-11H2. The maximum Gasteiger partial charge on any atom is 0.119 e. The van der Waals surface area contributed by atoms with E-state index in [2.05, 4.69) is 52.2 Å². The van der Waals surface area contributed by atoms with Crippen molar-refractivity contribution in [3.8, 4) is 5.75 Å². The fourth-order valence-electron chi connectivity index (χ4n) is 1.61. The number of nitrogens with one attached hydrogen (secondary N) is 1. The van der Waals surface area contributed by atoms with E-state index in [4.69, 9.17) is 4.74 Å². The van der Waals surface area contributed by atoms with Crippen LogP contribution in [0.1, 0.15) is 6.42 Å². The summed E-state index contributed by atoms with van der Waals surface area (Å²) < 4.78 is 6.87. The molecule has 94 valence electrons. The number of benzene rings is 2. The molecule has 0 aliphatic carbocycles. The number of ether oxygens (including phenoxy) is 1. The minimum atomic E-state index is 0.737. The Morgan fingerprint density at radius 1 is 1.00 bits per heavy atom. The van der Waals surface area contributed by atoms with Gasteiger partial charge in [0.1, 0.15) is 5.75 Å². The van der Waals surface area contributed by atoms with Crippen molar-refractivity contribution in [3.05, 3.63) is 58.2 Å². The maximum atomic E-state index is 5.63. The number of halogens is 1. The average Bonchev–Trinajstić information content (AvgIpc) is 2.40. The normalized spacial score (nSPS) is 10.1. The lowest BCUT2D eigenvalue weighted by molar-refractivity contribution is 0.315. The quantitative estimate of drug-likeness (QED) is 0.622. The van der Waals surface area contributed by atoms with Crippen LogP contribution in [0.3, 0.4) is 0 Å². The van der Waals surface area contributed by atoms with Crippen LogP contribution in [0.4, 0.5) is 5.69 Å². The second-order valence-corrected chi connectivity index (χ2v) is 5.20. The van der Waals surface area contributed by atoms with E-state index in [1.807, 2.05) is 30.3 Å². The molecule has 2 rings (SSSR count). The molecule has 2 aromatic rings. The van der Waals surface area contributed by atoms with Crippen molar-refractivity contribution in [2.45, 2.75) is 6.42 Å². The molecule has 2 aromatic carbocycles. The monoisotopic (exact) mass is 353 g/mol. The van der Waals surface area contributed by atoms with Gasteiger partial charge in [-0.15, -0.1) is 0 Å². The Morgan fingerprint density at radius 3 is 2.61 bits per heavy atom. The number of hydrogen-bond donors (Lipinski definition) is 1. The highest BCUT2D eigenvalue weighted by atomic mass is 127. The van der Waals surface area contributed by atoms with Crippen LogP contribution in [-0.4, -0.2) is 13.2 Å². The molecule has 0 aliphatic rings. The minimum absolute atomic E-state index is 0.737. The average molecular weight is 353 g/mol. The molecule has 3 heteroatoms. The molecule has 0 aromatic heterocycles. The summed E-state index contributed by atoms with van der Waals surface area (Å²) in [6.07, 6.45) is 0.986. The maximum absolute atomic E-state index is 5.63. The van der Waals surface area contributed by atoms with E-state index in [-0.39, 0.29) is 0 Å². The summed E-state index contributed by atoms with van der Waals surface area (Å²) >= 11 is 2.32. The lowest BCUT2D eigenvalue weighted by Gasteiger charge is -2.08. The predicted molar refractivity (Wildman–Crippen MR) is 84.2 cm³/mol. The predicted octanol–water partition coefficient (Wildman–Crippen LogP) is 4.17. The minimum Gasteiger partial charge on any atom is -0.494 e. The number of anilines is 1. The fraction of sp³-hybridized carbons (Fsp3) is 0.200. The van der Waals surface area contributed by atoms with Crippen LogP contribution in [0.25, 0.3) is 0 Å². The molecule has 1 N–H and O–H groups in total. The highest BCUT2D eigenvalue weighted by molar-refractivity contribution is 14.1. The van der Waals surface area contributed by atoms with Crippen molar-refractivity contribution >= 4 is 28.3 Å². The Kier molecular flexibility index (Phi) is 5.33. The molecule has 0 fully saturated rings. The van der Waals surface area contributed by atoms with E-state index >= 15 is 0 Å². The molecule has 0 atom stereocenters. The van der Waals surface area contributed by atoms with E-state index in [0.29, 0.717) is 0 Å². The van der Waals surface area contributed by atoms with Crippen LogP contribution in [0.2, 0.25) is 0 Å². The van der Waals surface area contributed by atoms with Gasteiger partial charge in [-0.25, -0.2) is 0 Å². The van der Waals surface area contributed by atoms with E-state index in [9.17, 15) is 0 Å². The van der Waals surface area contributed by atoms with Crippen molar-refractivity contribution < 1.29 is 4.74 Å². The van der Waals surface area contributed by atoms with Gasteiger partial charge in [0.15, 0.2) is 0 Å². The third-order valence-electron chi connectivity index (χ3n) is 2.49. The molecular weight excluding hydrogens is 337 g/mol. The van der Waals surface area contributed by atoms with E-state index < -0.39 is 0 Å². The third-order valence-corrected chi connectivity index (χ3v) is 3.16. The summed E-state index contributed by atoms with van der Waals surface area (Å²) in [6, 6.07) is 18.3. The van der Waals surface area contributed by atoms with Crippen molar-refractivity contribution in [2.24, 2.45) is 0 Å². The number of para-hydroxylation sites is 1. The molecule has 0 bridgehead atoms. The van der Waals surface area contributed by atoms with E-state index in [0.717, 1.165) is 25.3 Å². The molecule has 0 saturated carbocycles. The summed E-state index contributed by atoms with van der Waals surface area (Å²) in [5.41, 5.74) is 1.17. The Hall–Kier alpha value is -1.23. The summed E-state index contributed by atoms with van der Waals surface area (Å²) in [7, 11) is 0. The first-order chi connectivity index (χ1) is 8.84. The fourth-order valence-corrected chi connectivity index (χ4v) is 2.15. The van der Waals surface area contributed by atoms with Crippen LogP contribution in [0.15, 0.2) is 54.6 Å². The van der Waals surface area contributed by atoms with Gasteiger partial charge in [-0.05, 0) is 59.3 Å². The van der Waals surface area contributed by atoms with Crippen LogP contribution in [0.5, 0.6) is 5.75 Å². The Labute approximate surface area is 122 Å². The van der Waals surface area contributed by atoms with Gasteiger partial charge >= 0.3 is 0 Å². The zero-order valence-corrected chi connectivity index (χ0v) is 12.3. The Balaban J connectivity index is 1.65. The van der Waals surface area contributed by atoms with Crippen molar-refractivity contribution in [3.63, 3.8) is 0 Å². The van der Waals surface area contributed by atoms with Crippen molar-refractivity contribution in [1.82, 2.24) is 0 Å². The van der Waals surface area contributed by atoms with E-state index in [1.54, 1.807) is 0 Å².